The average molecular weight is 802 g/mol. The molecule has 1 fully saturated rings. The van der Waals surface area contributed by atoms with Crippen LogP contribution in [0, 0.1) is 0 Å². The van der Waals surface area contributed by atoms with Crippen molar-refractivity contribution in [3.8, 4) is 17.2 Å². The summed E-state index contributed by atoms with van der Waals surface area (Å²) < 4.78 is 87.5. The number of aromatic nitrogens is 3. The predicted octanol–water partition coefficient (Wildman–Crippen LogP) is 4.58. The minimum Gasteiger partial charge on any atom is -0.497 e. The summed E-state index contributed by atoms with van der Waals surface area (Å²) in [5.74, 6) is -4.21. The number of anilines is 1. The second-order valence-electron chi connectivity index (χ2n) is 11.9. The number of benzene rings is 2. The van der Waals surface area contributed by atoms with Crippen LogP contribution in [-0.4, -0.2) is 77.2 Å². The Hall–Kier alpha value is -5.92. The molecule has 1 aliphatic heterocycles. The lowest BCUT2D eigenvalue weighted by Crippen LogP contribution is -2.42. The summed E-state index contributed by atoms with van der Waals surface area (Å²) in [6, 6.07) is 17.5. The van der Waals surface area contributed by atoms with Gasteiger partial charge in [-0.2, -0.15) is 13.8 Å². The number of halogens is 2. The monoisotopic (exact) mass is 801 g/mol. The van der Waals surface area contributed by atoms with Crippen LogP contribution in [0.5, 0.6) is 17.2 Å². The number of rotatable bonds is 16. The molecule has 1 saturated heterocycles. The molecule has 3 N–H and O–H groups in total. The number of aliphatic hydroxyl groups excluding tert-OH is 1. The molecule has 2 aromatic carbocycles. The second kappa shape index (κ2) is 17.3. The molecule has 21 heteroatoms. The van der Waals surface area contributed by atoms with Crippen molar-refractivity contribution < 1.29 is 65.2 Å². The van der Waals surface area contributed by atoms with Crippen molar-refractivity contribution in [2.45, 2.75) is 37.6 Å². The van der Waals surface area contributed by atoms with E-state index in [1.807, 2.05) is 0 Å². The topological polar surface area (TPSA) is 221 Å². The number of esters is 1. The summed E-state index contributed by atoms with van der Waals surface area (Å²) >= 11 is 0. The Morgan fingerprint density at radius 1 is 1.02 bits per heavy atom. The van der Waals surface area contributed by atoms with E-state index < -0.39 is 63.0 Å². The smallest absolute Gasteiger partial charge is 0.459 e. The van der Waals surface area contributed by atoms with Gasteiger partial charge < -0.3 is 37.7 Å². The van der Waals surface area contributed by atoms with Gasteiger partial charge in [0.05, 0.1) is 27.0 Å². The summed E-state index contributed by atoms with van der Waals surface area (Å²) in [6.07, 6.45) is -4.45. The quantitative estimate of drug-likeness (QED) is 0.0918. The SMILES string of the molecule is COc1cc(OC)c2oc(COC(=O)Nc3ccn([C@@H]4O[C@H](COP(=O)(NCC(=O)OCc5ccccc5)Oc5cccnc5)[C@@H](O)C4(F)F)c(=O)n3)cc2c1. The largest absolute Gasteiger partial charge is 0.497 e. The second-order valence-corrected chi connectivity index (χ2v) is 13.6. The first-order chi connectivity index (χ1) is 26.9. The lowest BCUT2D eigenvalue weighted by Gasteiger charge is -2.22. The van der Waals surface area contributed by atoms with Crippen LogP contribution in [0.25, 0.3) is 11.0 Å². The molecule has 56 heavy (non-hydrogen) atoms. The Labute approximate surface area is 315 Å². The third-order valence-electron chi connectivity index (χ3n) is 8.03. The number of alkyl halides is 2. The molecule has 0 saturated carbocycles. The van der Waals surface area contributed by atoms with Crippen LogP contribution in [0.15, 0.2) is 94.5 Å². The third-order valence-corrected chi connectivity index (χ3v) is 9.51. The van der Waals surface area contributed by atoms with Crippen molar-refractivity contribution in [2.75, 3.05) is 32.7 Å². The van der Waals surface area contributed by atoms with E-state index in [1.165, 1.54) is 38.7 Å². The lowest BCUT2D eigenvalue weighted by atomic mass is 10.1. The molecule has 1 unspecified atom stereocenters. The number of fused-ring (bicyclic) bond motifs is 1. The number of amides is 1. The summed E-state index contributed by atoms with van der Waals surface area (Å²) in [5, 5.41) is 15.7. The fraction of sp³-hybridized carbons (Fsp3) is 0.286. The number of nitrogens with zero attached hydrogens (tertiary/aromatic N) is 3. The van der Waals surface area contributed by atoms with Crippen molar-refractivity contribution in [1.29, 1.82) is 0 Å². The maximum absolute atomic E-state index is 15.4. The number of hydrogen-bond donors (Lipinski definition) is 3. The molecule has 5 aromatic rings. The number of carbonyl (C=O) groups excluding carboxylic acids is 2. The Bertz CT molecular complexity index is 2260. The molecule has 0 radical (unpaired) electrons. The van der Waals surface area contributed by atoms with Crippen LogP contribution in [0.1, 0.15) is 17.6 Å². The highest BCUT2D eigenvalue weighted by molar-refractivity contribution is 7.52. The van der Waals surface area contributed by atoms with Crippen molar-refractivity contribution in [2.24, 2.45) is 0 Å². The van der Waals surface area contributed by atoms with E-state index in [0.717, 1.165) is 12.3 Å². The Kier molecular flexibility index (Phi) is 12.3. The highest BCUT2D eigenvalue weighted by Gasteiger charge is 2.60. The summed E-state index contributed by atoms with van der Waals surface area (Å²) in [7, 11) is -1.61. The number of pyridine rings is 1. The van der Waals surface area contributed by atoms with E-state index in [0.29, 0.717) is 32.6 Å². The zero-order valence-corrected chi connectivity index (χ0v) is 30.4. The Morgan fingerprint density at radius 3 is 2.54 bits per heavy atom. The number of ether oxygens (including phenoxy) is 5. The minimum absolute atomic E-state index is 0.0662. The maximum Gasteiger partial charge on any atom is 0.459 e. The first-order valence-electron chi connectivity index (χ1n) is 16.5. The van der Waals surface area contributed by atoms with Gasteiger partial charge in [0.2, 0.25) is 6.23 Å². The normalized spacial score (nSPS) is 18.5. The summed E-state index contributed by atoms with van der Waals surface area (Å²) in [5.41, 5.74) is -0.208. The van der Waals surface area contributed by atoms with Crippen LogP contribution in [0.3, 0.4) is 0 Å². The van der Waals surface area contributed by atoms with Crippen molar-refractivity contribution in [1.82, 2.24) is 19.6 Å². The van der Waals surface area contributed by atoms with Crippen LogP contribution < -0.4 is 30.1 Å². The Morgan fingerprint density at radius 2 is 1.82 bits per heavy atom. The fourth-order valence-electron chi connectivity index (χ4n) is 5.30. The van der Waals surface area contributed by atoms with Gasteiger partial charge in [0, 0.05) is 23.8 Å². The van der Waals surface area contributed by atoms with Gasteiger partial charge in [-0.25, -0.2) is 19.2 Å². The molecule has 1 aliphatic rings. The van der Waals surface area contributed by atoms with Gasteiger partial charge in [-0.1, -0.05) is 30.3 Å². The number of hydrogen-bond acceptors (Lipinski definition) is 15. The van der Waals surface area contributed by atoms with E-state index in [4.69, 9.17) is 37.1 Å². The number of furan rings is 1. The molecule has 18 nitrogen and oxygen atoms in total. The average Bonchev–Trinajstić information content (AvgIpc) is 3.71. The predicted molar refractivity (Wildman–Crippen MR) is 189 cm³/mol. The van der Waals surface area contributed by atoms with Gasteiger partial charge in [-0.05, 0) is 35.9 Å². The maximum atomic E-state index is 15.4. The lowest BCUT2D eigenvalue weighted by molar-refractivity contribution is -0.143. The highest BCUT2D eigenvalue weighted by Crippen LogP contribution is 2.47. The molecular weight excluding hydrogens is 767 g/mol. The van der Waals surface area contributed by atoms with Gasteiger partial charge in [0.15, 0.2) is 24.0 Å². The third kappa shape index (κ3) is 9.47. The zero-order chi connectivity index (χ0) is 39.9. The van der Waals surface area contributed by atoms with Gasteiger partial charge >= 0.3 is 31.4 Å². The number of methoxy groups -OCH3 is 2. The van der Waals surface area contributed by atoms with Crippen molar-refractivity contribution >= 4 is 36.6 Å². The van der Waals surface area contributed by atoms with Crippen molar-refractivity contribution in [3.05, 3.63) is 107 Å². The molecule has 296 valence electrons. The van der Waals surface area contributed by atoms with E-state index in [-0.39, 0.29) is 30.5 Å². The molecule has 6 rings (SSSR count). The number of nitrogens with one attached hydrogen (secondary N) is 2. The summed E-state index contributed by atoms with van der Waals surface area (Å²) in [6.45, 7) is -2.06. The zero-order valence-electron chi connectivity index (χ0n) is 29.5. The number of carbonyl (C=O) groups is 2. The number of aliphatic hydroxyl groups is 1. The van der Waals surface area contributed by atoms with E-state index in [9.17, 15) is 24.1 Å². The van der Waals surface area contributed by atoms with E-state index >= 15 is 8.78 Å². The van der Waals surface area contributed by atoms with Gasteiger partial charge in [0.1, 0.15) is 42.3 Å². The van der Waals surface area contributed by atoms with Crippen LogP contribution >= 0.6 is 7.75 Å². The fourth-order valence-corrected chi connectivity index (χ4v) is 6.56. The molecule has 4 atom stereocenters. The molecular formula is C35H34F2N5O13P. The molecule has 3 aromatic heterocycles. The standard InChI is InChI=1S/C35H34F2N5O13P/c1-48-24-13-22-14-25(53-30(22)26(15-24)49-2)19-51-34(46)41-28-10-12-42(33(45)40-28)32-35(36,37)31(44)27(54-32)20-52-56(47,55-23-9-6-11-38-16-23)39-17-29(43)50-18-21-7-4-3-5-8-21/h3-16,27,31-32,44H,17-20H2,1-2H3,(H,39,47)(H,40,41,45,46)/t27-,31-,32-,56?/m1/s1. The Balaban J connectivity index is 1.07. The van der Waals surface area contributed by atoms with E-state index in [1.54, 1.807) is 48.5 Å². The van der Waals surface area contributed by atoms with Crippen molar-refractivity contribution in [3.63, 3.8) is 0 Å². The van der Waals surface area contributed by atoms with Gasteiger partial charge in [0.25, 0.3) is 0 Å². The van der Waals surface area contributed by atoms with Gasteiger partial charge in [-0.15, -0.1) is 0 Å². The van der Waals surface area contributed by atoms with Crippen LogP contribution in [-0.2, 0) is 41.3 Å². The summed E-state index contributed by atoms with van der Waals surface area (Å²) in [4.78, 5) is 45.2. The highest BCUT2D eigenvalue weighted by atomic mass is 31.2. The van der Waals surface area contributed by atoms with E-state index in [2.05, 4.69) is 20.4 Å². The molecule has 0 bridgehead atoms. The first-order valence-corrected chi connectivity index (χ1v) is 18.1. The first kappa shape index (κ1) is 39.8. The van der Waals surface area contributed by atoms with Gasteiger partial charge in [-0.3, -0.25) is 24.2 Å². The molecule has 4 heterocycles. The molecule has 1 amide bonds. The minimum atomic E-state index is -4.55. The molecule has 0 aliphatic carbocycles. The van der Waals surface area contributed by atoms with Crippen LogP contribution in [0.2, 0.25) is 0 Å². The molecule has 0 spiro atoms. The van der Waals surface area contributed by atoms with Crippen LogP contribution in [0.4, 0.5) is 19.4 Å².